The molecule has 2 nitrogen and oxygen atoms in total. The van der Waals surface area contributed by atoms with Crippen LogP contribution in [-0.4, -0.2) is 13.7 Å². The fourth-order valence-electron chi connectivity index (χ4n) is 3.80. The largest absolute Gasteiger partial charge is 0.501 e. The summed E-state index contributed by atoms with van der Waals surface area (Å²) in [6.45, 7) is 0.794. The molecule has 3 atom stereocenters. The third-order valence-corrected chi connectivity index (χ3v) is 4.89. The summed E-state index contributed by atoms with van der Waals surface area (Å²) in [6.07, 6.45) is 4.10. The van der Waals surface area contributed by atoms with Crippen molar-refractivity contribution in [3.05, 3.63) is 78.1 Å². The molecule has 1 heterocycles. The van der Waals surface area contributed by atoms with E-state index in [0.29, 0.717) is 11.8 Å². The van der Waals surface area contributed by atoms with E-state index in [1.165, 1.54) is 11.1 Å². The van der Waals surface area contributed by atoms with Crippen LogP contribution in [0.15, 0.2) is 66.9 Å². The molecule has 0 saturated heterocycles. The molecule has 0 aromatic heterocycles. The Morgan fingerprint density at radius 1 is 1.05 bits per heavy atom. The Bertz CT molecular complexity index is 660. The van der Waals surface area contributed by atoms with Crippen LogP contribution in [0.1, 0.15) is 17.0 Å². The van der Waals surface area contributed by atoms with Gasteiger partial charge in [0.05, 0.1) is 20.0 Å². The highest BCUT2D eigenvalue weighted by Crippen LogP contribution is 2.67. The predicted octanol–water partition coefficient (Wildman–Crippen LogP) is 3.89. The number of ether oxygens (including phenoxy) is 2. The van der Waals surface area contributed by atoms with Crippen LogP contribution < -0.4 is 4.74 Å². The number of allylic oxidation sites excluding steroid dienone is 1. The lowest BCUT2D eigenvalue weighted by atomic mass is 9.89. The second-order valence-electron chi connectivity index (χ2n) is 5.79. The van der Waals surface area contributed by atoms with E-state index in [4.69, 9.17) is 9.47 Å². The monoisotopic (exact) mass is 278 g/mol. The molecule has 4 rings (SSSR count). The standard InChI is InChI=1S/C19H18O2/c1-20-16-9-7-15(8-10-16)19-11-12-21-13-17(19)18(19)14-5-3-2-4-6-14/h2-12,17-18H,13H2,1H3/t17-,18-,19+/m0/s1. The number of hydrogen-bond acceptors (Lipinski definition) is 2. The maximum absolute atomic E-state index is 5.56. The second kappa shape index (κ2) is 4.66. The van der Waals surface area contributed by atoms with Gasteiger partial charge >= 0.3 is 0 Å². The van der Waals surface area contributed by atoms with E-state index in [1.54, 1.807) is 7.11 Å². The highest BCUT2D eigenvalue weighted by Gasteiger charge is 2.65. The average molecular weight is 278 g/mol. The Labute approximate surface area is 125 Å². The smallest absolute Gasteiger partial charge is 0.118 e. The Kier molecular flexibility index (Phi) is 2.78. The second-order valence-corrected chi connectivity index (χ2v) is 5.79. The molecule has 2 aromatic rings. The van der Waals surface area contributed by atoms with E-state index in [1.807, 2.05) is 18.4 Å². The normalized spacial score (nSPS) is 29.4. The summed E-state index contributed by atoms with van der Waals surface area (Å²) in [7, 11) is 1.70. The van der Waals surface area contributed by atoms with Gasteiger partial charge < -0.3 is 9.47 Å². The van der Waals surface area contributed by atoms with Crippen molar-refractivity contribution < 1.29 is 9.47 Å². The van der Waals surface area contributed by atoms with Gasteiger partial charge in [-0.1, -0.05) is 42.5 Å². The summed E-state index contributed by atoms with van der Waals surface area (Å²) in [6, 6.07) is 19.2. The van der Waals surface area contributed by atoms with Crippen LogP contribution >= 0.6 is 0 Å². The van der Waals surface area contributed by atoms with Gasteiger partial charge in [0, 0.05) is 17.3 Å². The van der Waals surface area contributed by atoms with Crippen molar-refractivity contribution in [2.75, 3.05) is 13.7 Å². The number of fused-ring (bicyclic) bond motifs is 1. The first-order chi connectivity index (χ1) is 10.4. The first-order valence-electron chi connectivity index (χ1n) is 7.35. The van der Waals surface area contributed by atoms with Crippen molar-refractivity contribution >= 4 is 0 Å². The lowest BCUT2D eigenvalue weighted by Gasteiger charge is -2.18. The van der Waals surface area contributed by atoms with Gasteiger partial charge in [-0.3, -0.25) is 0 Å². The minimum Gasteiger partial charge on any atom is -0.501 e. The molecule has 2 heteroatoms. The zero-order chi connectivity index (χ0) is 14.3. The van der Waals surface area contributed by atoms with E-state index in [9.17, 15) is 0 Å². The van der Waals surface area contributed by atoms with E-state index in [0.717, 1.165) is 12.4 Å². The molecule has 1 fully saturated rings. The van der Waals surface area contributed by atoms with Crippen LogP contribution in [0.4, 0.5) is 0 Å². The first kappa shape index (κ1) is 12.5. The number of hydrogen-bond donors (Lipinski definition) is 0. The summed E-state index contributed by atoms with van der Waals surface area (Å²) < 4.78 is 10.8. The van der Waals surface area contributed by atoms with Crippen LogP contribution in [0.3, 0.4) is 0 Å². The third kappa shape index (κ3) is 1.79. The highest BCUT2D eigenvalue weighted by molar-refractivity contribution is 5.52. The van der Waals surface area contributed by atoms with Crippen LogP contribution in [0.5, 0.6) is 5.75 Å². The molecule has 0 spiro atoms. The molecule has 0 N–H and O–H groups in total. The van der Waals surface area contributed by atoms with Crippen molar-refractivity contribution in [2.24, 2.45) is 5.92 Å². The van der Waals surface area contributed by atoms with E-state index < -0.39 is 0 Å². The molecule has 2 aliphatic rings. The number of methoxy groups -OCH3 is 1. The molecule has 21 heavy (non-hydrogen) atoms. The zero-order valence-corrected chi connectivity index (χ0v) is 12.0. The Hall–Kier alpha value is -2.22. The maximum atomic E-state index is 5.56. The molecule has 106 valence electrons. The van der Waals surface area contributed by atoms with Gasteiger partial charge in [0.1, 0.15) is 5.75 Å². The van der Waals surface area contributed by atoms with Crippen LogP contribution in [0, 0.1) is 5.92 Å². The van der Waals surface area contributed by atoms with Crippen LogP contribution in [0.2, 0.25) is 0 Å². The van der Waals surface area contributed by atoms with Crippen molar-refractivity contribution in [2.45, 2.75) is 11.3 Å². The molecular formula is C19H18O2. The van der Waals surface area contributed by atoms with Gasteiger partial charge in [-0.15, -0.1) is 0 Å². The average Bonchev–Trinajstić information content (AvgIpc) is 3.26. The predicted molar refractivity (Wildman–Crippen MR) is 82.4 cm³/mol. The van der Waals surface area contributed by atoms with Crippen molar-refractivity contribution in [1.82, 2.24) is 0 Å². The molecule has 1 saturated carbocycles. The summed E-state index contributed by atoms with van der Waals surface area (Å²) in [5.74, 6) is 1.93. The molecule has 0 bridgehead atoms. The fraction of sp³-hybridized carbons (Fsp3) is 0.263. The van der Waals surface area contributed by atoms with Gasteiger partial charge in [-0.05, 0) is 29.3 Å². The molecule has 1 aliphatic carbocycles. The summed E-state index contributed by atoms with van der Waals surface area (Å²) >= 11 is 0. The maximum Gasteiger partial charge on any atom is 0.118 e. The van der Waals surface area contributed by atoms with Gasteiger partial charge in [0.25, 0.3) is 0 Å². The Balaban J connectivity index is 1.76. The van der Waals surface area contributed by atoms with Crippen molar-refractivity contribution in [3.8, 4) is 5.75 Å². The van der Waals surface area contributed by atoms with E-state index in [2.05, 4.69) is 48.5 Å². The Morgan fingerprint density at radius 2 is 1.81 bits per heavy atom. The van der Waals surface area contributed by atoms with Gasteiger partial charge in [0.2, 0.25) is 0 Å². The summed E-state index contributed by atoms with van der Waals surface area (Å²) in [5, 5.41) is 0. The molecule has 2 aromatic carbocycles. The molecule has 0 amide bonds. The fourth-order valence-corrected chi connectivity index (χ4v) is 3.80. The topological polar surface area (TPSA) is 18.5 Å². The SMILES string of the molecule is COc1ccc([C@]23C=COC[C@H]2[C@@H]3c2ccccc2)cc1. The quantitative estimate of drug-likeness (QED) is 0.848. The molecule has 0 radical (unpaired) electrons. The summed E-state index contributed by atoms with van der Waals surface area (Å²) in [4.78, 5) is 0. The zero-order valence-electron chi connectivity index (χ0n) is 12.0. The van der Waals surface area contributed by atoms with Gasteiger partial charge in [-0.2, -0.15) is 0 Å². The van der Waals surface area contributed by atoms with Crippen molar-refractivity contribution in [3.63, 3.8) is 0 Å². The third-order valence-electron chi connectivity index (χ3n) is 4.89. The molecule has 1 aliphatic heterocycles. The Morgan fingerprint density at radius 3 is 2.52 bits per heavy atom. The van der Waals surface area contributed by atoms with Crippen LogP contribution in [-0.2, 0) is 10.2 Å². The molecule has 0 unspecified atom stereocenters. The lowest BCUT2D eigenvalue weighted by Crippen LogP contribution is -2.13. The van der Waals surface area contributed by atoms with Crippen LogP contribution in [0.25, 0.3) is 0 Å². The van der Waals surface area contributed by atoms with Crippen molar-refractivity contribution in [1.29, 1.82) is 0 Å². The lowest BCUT2D eigenvalue weighted by molar-refractivity contribution is 0.212. The van der Waals surface area contributed by atoms with Gasteiger partial charge in [-0.25, -0.2) is 0 Å². The summed E-state index contributed by atoms with van der Waals surface area (Å²) in [5.41, 5.74) is 2.83. The minimum atomic E-state index is 0.0892. The van der Waals surface area contributed by atoms with E-state index >= 15 is 0 Å². The highest BCUT2D eigenvalue weighted by atomic mass is 16.5. The number of rotatable bonds is 3. The number of benzene rings is 2. The minimum absolute atomic E-state index is 0.0892. The molecular weight excluding hydrogens is 260 g/mol. The first-order valence-corrected chi connectivity index (χ1v) is 7.35. The van der Waals surface area contributed by atoms with Gasteiger partial charge in [0.15, 0.2) is 0 Å². The van der Waals surface area contributed by atoms with E-state index in [-0.39, 0.29) is 5.41 Å².